The van der Waals surface area contributed by atoms with Gasteiger partial charge in [0.15, 0.2) is 0 Å². The Labute approximate surface area is 157 Å². The molecular weight excluding hydrogens is 355 g/mol. The number of halogens is 2. The third kappa shape index (κ3) is 4.04. The first kappa shape index (κ1) is 23.7. The molecule has 0 aromatic heterocycles. The monoisotopic (exact) mass is 377 g/mol. The fraction of sp³-hybridized carbons (Fsp3) is 0.500. The quantitative estimate of drug-likeness (QED) is 0.414. The number of hydrogen-bond acceptors (Lipinski definition) is 1. The summed E-state index contributed by atoms with van der Waals surface area (Å²) in [5.74, 6) is 0. The van der Waals surface area contributed by atoms with Crippen LogP contribution in [0.4, 0.5) is 0 Å². The average Bonchev–Trinajstić information content (AvgIpc) is 2.83. The molecule has 115 valence electrons. The zero-order chi connectivity index (χ0) is 13.4. The van der Waals surface area contributed by atoms with Gasteiger partial charge in [-0.25, -0.2) is 11.3 Å². The van der Waals surface area contributed by atoms with E-state index >= 15 is 0 Å². The van der Waals surface area contributed by atoms with Crippen LogP contribution >= 0.6 is 0 Å². The van der Waals surface area contributed by atoms with Crippen LogP contribution < -0.4 is 24.8 Å². The molecule has 1 atom stereocenters. The molecule has 1 nitrogen and oxygen atoms in total. The Balaban J connectivity index is 0. The van der Waals surface area contributed by atoms with Gasteiger partial charge in [0.25, 0.3) is 0 Å². The fourth-order valence-corrected chi connectivity index (χ4v) is 6.98. The summed E-state index contributed by atoms with van der Waals surface area (Å²) < 4.78 is 6.07. The largest absolute Gasteiger partial charge is 3.00 e. The van der Waals surface area contributed by atoms with Crippen LogP contribution in [0.3, 0.4) is 0 Å². The maximum atomic E-state index is 6.07. The van der Waals surface area contributed by atoms with Crippen molar-refractivity contribution in [3.8, 4) is 0 Å². The molecule has 0 spiro atoms. The van der Waals surface area contributed by atoms with Gasteiger partial charge in [-0.05, 0) is 25.8 Å². The van der Waals surface area contributed by atoms with Crippen LogP contribution in [0.1, 0.15) is 26.7 Å². The molecule has 2 aliphatic carbocycles. The molecule has 0 aliphatic heterocycles. The summed E-state index contributed by atoms with van der Waals surface area (Å²) in [4.78, 5) is 0. The molecule has 0 aromatic rings. The summed E-state index contributed by atoms with van der Waals surface area (Å²) in [6.45, 7) is 9.19. The molecule has 0 aromatic carbocycles. The summed E-state index contributed by atoms with van der Waals surface area (Å²) in [7, 11) is 0.132. The van der Waals surface area contributed by atoms with Crippen LogP contribution in [0.25, 0.3) is 0 Å². The summed E-state index contributed by atoms with van der Waals surface area (Å²) >= 11 is 0. The van der Waals surface area contributed by atoms with Crippen molar-refractivity contribution in [2.75, 3.05) is 7.11 Å². The Morgan fingerprint density at radius 1 is 1.24 bits per heavy atom. The van der Waals surface area contributed by atoms with E-state index in [1.165, 1.54) is 16.3 Å². The molecule has 2 rings (SSSR count). The normalized spacial score (nSPS) is 24.0. The molecule has 0 amide bonds. The van der Waals surface area contributed by atoms with E-state index in [9.17, 15) is 0 Å². The van der Waals surface area contributed by atoms with Gasteiger partial charge in [-0.2, -0.15) is 6.08 Å². The van der Waals surface area contributed by atoms with Crippen LogP contribution in [0.2, 0.25) is 13.1 Å². The number of rotatable bonds is 3. The Hall–Kier alpha value is 0.431. The zero-order valence-electron chi connectivity index (χ0n) is 13.4. The second kappa shape index (κ2) is 8.91. The Morgan fingerprint density at radius 2 is 1.86 bits per heavy atom. The first-order valence-corrected chi connectivity index (χ1v) is 9.62. The van der Waals surface area contributed by atoms with Crippen LogP contribution in [0.15, 0.2) is 40.6 Å². The van der Waals surface area contributed by atoms with Crippen molar-refractivity contribution in [2.24, 2.45) is 0 Å². The molecule has 5 heteroatoms. The van der Waals surface area contributed by atoms with Crippen molar-refractivity contribution in [3.05, 3.63) is 46.7 Å². The fourth-order valence-electron chi connectivity index (χ4n) is 3.28. The minimum Gasteiger partial charge on any atom is -1.00 e. The SMILES string of the molecule is COC1([Si](C)(C)C2=[C-]CC=C2)CC=C(C)C=C1C.[Cl-].[Cl-].[Ti+3]. The molecule has 0 N–H and O–H groups in total. The number of ether oxygens (including phenoxy) is 1. The zero-order valence-corrected chi connectivity index (χ0v) is 17.5. The molecule has 0 bridgehead atoms. The molecule has 1 radical (unpaired) electrons. The maximum absolute atomic E-state index is 6.07. The topological polar surface area (TPSA) is 9.23 Å². The molecular formula is C16H23Cl2OSiTi. The van der Waals surface area contributed by atoms with E-state index in [1.807, 2.05) is 7.11 Å². The predicted molar refractivity (Wildman–Crippen MR) is 79.9 cm³/mol. The molecule has 2 aliphatic rings. The Kier molecular flexibility index (Phi) is 10.0. The molecule has 0 fully saturated rings. The second-order valence-electron chi connectivity index (χ2n) is 5.83. The standard InChI is InChI=1S/C16H23OSi.2ClH.Ti/c1-13-10-11-16(17-3,14(2)12-13)18(4,5)15-8-6-7-9-15;;;/h6,8,10,12H,7,11H2,1-5H3;2*1H;/q-1;;;+3/p-2. The molecule has 1 unspecified atom stereocenters. The van der Waals surface area contributed by atoms with Crippen molar-refractivity contribution in [1.82, 2.24) is 0 Å². The van der Waals surface area contributed by atoms with Gasteiger partial charge in [0.05, 0.1) is 13.3 Å². The van der Waals surface area contributed by atoms with Gasteiger partial charge in [0.2, 0.25) is 0 Å². The van der Waals surface area contributed by atoms with Crippen molar-refractivity contribution in [3.63, 3.8) is 0 Å². The second-order valence-corrected chi connectivity index (χ2v) is 10.4. The van der Waals surface area contributed by atoms with Gasteiger partial charge in [-0.1, -0.05) is 30.8 Å². The van der Waals surface area contributed by atoms with Gasteiger partial charge in [0, 0.05) is 7.11 Å². The minimum absolute atomic E-state index is 0. The smallest absolute Gasteiger partial charge is 1.00 e. The first-order chi connectivity index (χ1) is 8.44. The van der Waals surface area contributed by atoms with Gasteiger partial charge in [-0.3, -0.25) is 6.08 Å². The maximum Gasteiger partial charge on any atom is 3.00 e. The molecule has 0 saturated carbocycles. The summed E-state index contributed by atoms with van der Waals surface area (Å²) in [5.41, 5.74) is 2.72. The Bertz CT molecular complexity index is 481. The van der Waals surface area contributed by atoms with Gasteiger partial charge in [0.1, 0.15) is 0 Å². The van der Waals surface area contributed by atoms with E-state index in [0.717, 1.165) is 12.8 Å². The molecule has 0 heterocycles. The van der Waals surface area contributed by atoms with Gasteiger partial charge in [-0.15, -0.1) is 6.42 Å². The van der Waals surface area contributed by atoms with E-state index in [4.69, 9.17) is 4.74 Å². The third-order valence-corrected chi connectivity index (χ3v) is 9.03. The number of allylic oxidation sites excluding steroid dienone is 6. The summed E-state index contributed by atoms with van der Waals surface area (Å²) in [6.07, 6.45) is 14.5. The van der Waals surface area contributed by atoms with E-state index in [1.54, 1.807) is 0 Å². The summed E-state index contributed by atoms with van der Waals surface area (Å²) in [6, 6.07) is 0. The van der Waals surface area contributed by atoms with E-state index in [0.29, 0.717) is 0 Å². The molecule has 21 heavy (non-hydrogen) atoms. The van der Waals surface area contributed by atoms with E-state index in [-0.39, 0.29) is 51.8 Å². The van der Waals surface area contributed by atoms with Crippen LogP contribution in [0.5, 0.6) is 0 Å². The van der Waals surface area contributed by atoms with Gasteiger partial charge < -0.3 is 29.6 Å². The minimum atomic E-state index is -1.73. The first-order valence-electron chi connectivity index (χ1n) is 6.62. The average molecular weight is 378 g/mol. The van der Waals surface area contributed by atoms with Crippen molar-refractivity contribution < 1.29 is 51.3 Å². The predicted octanol–water partition coefficient (Wildman–Crippen LogP) is -1.85. The van der Waals surface area contributed by atoms with Crippen molar-refractivity contribution >= 4 is 8.07 Å². The summed E-state index contributed by atoms with van der Waals surface area (Å²) in [5, 5.41) is 1.30. The third-order valence-electron chi connectivity index (χ3n) is 4.52. The van der Waals surface area contributed by atoms with Crippen molar-refractivity contribution in [1.29, 1.82) is 0 Å². The van der Waals surface area contributed by atoms with E-state index < -0.39 is 8.07 Å². The van der Waals surface area contributed by atoms with Crippen LogP contribution in [-0.4, -0.2) is 20.4 Å². The number of hydrogen-bond donors (Lipinski definition) is 0. The van der Waals surface area contributed by atoms with Gasteiger partial charge >= 0.3 is 21.7 Å². The van der Waals surface area contributed by atoms with Crippen LogP contribution in [-0.2, 0) is 26.5 Å². The van der Waals surface area contributed by atoms with Crippen molar-refractivity contribution in [2.45, 2.75) is 45.0 Å². The molecule has 0 saturated heterocycles. The van der Waals surface area contributed by atoms with Crippen LogP contribution in [0, 0.1) is 6.08 Å². The Morgan fingerprint density at radius 3 is 2.29 bits per heavy atom. The van der Waals surface area contributed by atoms with E-state index in [2.05, 4.69) is 57.3 Å². The number of methoxy groups -OCH3 is 1.